The minimum Gasteiger partial charge on any atom is -0.454 e. The van der Waals surface area contributed by atoms with Gasteiger partial charge in [-0.25, -0.2) is 13.4 Å². The van der Waals surface area contributed by atoms with E-state index in [4.69, 9.17) is 14.5 Å². The fourth-order valence-corrected chi connectivity index (χ4v) is 5.28. The molecule has 8 heteroatoms. The average molecular weight is 518 g/mol. The number of sulfonamides is 1. The van der Waals surface area contributed by atoms with Gasteiger partial charge in [0.15, 0.2) is 11.5 Å². The normalized spacial score (nSPS) is 12.8. The molecule has 0 fully saturated rings. The predicted molar refractivity (Wildman–Crippen MR) is 145 cm³/mol. The number of fused-ring (bicyclic) bond motifs is 1. The Morgan fingerprint density at radius 2 is 1.57 bits per heavy atom. The second-order valence-electron chi connectivity index (χ2n) is 9.19. The largest absolute Gasteiger partial charge is 0.454 e. The van der Waals surface area contributed by atoms with E-state index in [1.54, 1.807) is 0 Å². The Morgan fingerprint density at radius 1 is 0.892 bits per heavy atom. The summed E-state index contributed by atoms with van der Waals surface area (Å²) in [5, 5.41) is 0. The third-order valence-corrected chi connectivity index (χ3v) is 7.67. The van der Waals surface area contributed by atoms with Gasteiger partial charge in [0.05, 0.1) is 24.2 Å². The van der Waals surface area contributed by atoms with Crippen molar-refractivity contribution in [1.82, 2.24) is 13.9 Å². The highest BCUT2D eigenvalue weighted by molar-refractivity contribution is 7.88. The molecule has 192 valence electrons. The Morgan fingerprint density at radius 3 is 2.24 bits per heavy atom. The molecule has 7 nitrogen and oxygen atoms in total. The van der Waals surface area contributed by atoms with Gasteiger partial charge in [0.25, 0.3) is 0 Å². The van der Waals surface area contributed by atoms with Gasteiger partial charge in [0.1, 0.15) is 5.82 Å². The Balaban J connectivity index is 1.60. The van der Waals surface area contributed by atoms with E-state index in [1.165, 1.54) is 10.6 Å². The lowest BCUT2D eigenvalue weighted by Crippen LogP contribution is -2.30. The first-order valence-electron chi connectivity index (χ1n) is 12.5. The van der Waals surface area contributed by atoms with Crippen molar-refractivity contribution in [3.63, 3.8) is 0 Å². The number of hydrogen-bond acceptors (Lipinski definition) is 5. The lowest BCUT2D eigenvalue weighted by atomic mass is 10.1. The Hall–Kier alpha value is -3.62. The van der Waals surface area contributed by atoms with Gasteiger partial charge in [-0.05, 0) is 24.1 Å². The molecule has 0 bridgehead atoms. The lowest BCUT2D eigenvalue weighted by molar-refractivity contribution is 0.174. The Labute approximate surface area is 218 Å². The average Bonchev–Trinajstić information content (AvgIpc) is 3.52. The van der Waals surface area contributed by atoms with Crippen LogP contribution < -0.4 is 9.47 Å². The van der Waals surface area contributed by atoms with Gasteiger partial charge in [-0.2, -0.15) is 4.31 Å². The smallest absolute Gasteiger partial charge is 0.231 e. The highest BCUT2D eigenvalue weighted by atomic mass is 32.2. The third kappa shape index (κ3) is 5.55. The van der Waals surface area contributed by atoms with Crippen molar-refractivity contribution in [2.75, 3.05) is 13.0 Å². The molecule has 2 heterocycles. The molecule has 0 amide bonds. The number of nitrogens with zero attached hydrogens (tertiary/aromatic N) is 3. The van der Waals surface area contributed by atoms with Crippen LogP contribution in [0, 0.1) is 0 Å². The molecule has 1 aliphatic rings. The molecule has 0 N–H and O–H groups in total. The van der Waals surface area contributed by atoms with Crippen LogP contribution in [0.3, 0.4) is 0 Å². The van der Waals surface area contributed by atoms with Crippen LogP contribution >= 0.6 is 0 Å². The molecule has 0 saturated heterocycles. The van der Waals surface area contributed by atoms with E-state index >= 15 is 0 Å². The van der Waals surface area contributed by atoms with Crippen LogP contribution in [-0.2, 0) is 29.7 Å². The van der Waals surface area contributed by atoms with Crippen molar-refractivity contribution in [3.8, 4) is 34.1 Å². The van der Waals surface area contributed by atoms with Crippen molar-refractivity contribution in [2.24, 2.45) is 0 Å². The molecule has 37 heavy (non-hydrogen) atoms. The summed E-state index contributed by atoms with van der Waals surface area (Å²) < 4.78 is 40.8. The summed E-state index contributed by atoms with van der Waals surface area (Å²) in [6, 6.07) is 25.6. The summed E-state index contributed by atoms with van der Waals surface area (Å²) in [6.45, 7) is 3.48. The Kier molecular flexibility index (Phi) is 7.30. The predicted octanol–water partition coefficient (Wildman–Crippen LogP) is 5.71. The molecule has 1 aromatic heterocycles. The number of benzene rings is 3. The van der Waals surface area contributed by atoms with Crippen LogP contribution in [0.15, 0.2) is 78.9 Å². The number of rotatable bonds is 10. The molecule has 0 unspecified atom stereocenters. The zero-order valence-electron chi connectivity index (χ0n) is 21.1. The monoisotopic (exact) mass is 517 g/mol. The second-order valence-corrected chi connectivity index (χ2v) is 11.2. The van der Waals surface area contributed by atoms with Crippen LogP contribution in [0.2, 0.25) is 0 Å². The van der Waals surface area contributed by atoms with Crippen molar-refractivity contribution in [3.05, 3.63) is 90.1 Å². The third-order valence-electron chi connectivity index (χ3n) is 6.48. The highest BCUT2D eigenvalue weighted by Gasteiger charge is 2.26. The molecular weight excluding hydrogens is 486 g/mol. The van der Waals surface area contributed by atoms with Crippen LogP contribution in [0.25, 0.3) is 22.6 Å². The van der Waals surface area contributed by atoms with Crippen molar-refractivity contribution in [2.45, 2.75) is 39.4 Å². The first kappa shape index (κ1) is 25.0. The van der Waals surface area contributed by atoms with Crippen LogP contribution in [0.4, 0.5) is 0 Å². The van der Waals surface area contributed by atoms with E-state index in [9.17, 15) is 8.42 Å². The van der Waals surface area contributed by atoms with E-state index in [0.29, 0.717) is 11.5 Å². The van der Waals surface area contributed by atoms with Gasteiger partial charge in [-0.15, -0.1) is 0 Å². The number of hydrogen-bond donors (Lipinski definition) is 0. The Bertz CT molecular complexity index is 1470. The summed E-state index contributed by atoms with van der Waals surface area (Å²) in [7, 11) is -3.55. The number of unbranched alkanes of at least 4 members (excludes halogenated alkanes) is 1. The highest BCUT2D eigenvalue weighted by Crippen LogP contribution is 2.34. The molecule has 0 atom stereocenters. The van der Waals surface area contributed by atoms with Gasteiger partial charge < -0.3 is 14.0 Å². The quantitative estimate of drug-likeness (QED) is 0.270. The topological polar surface area (TPSA) is 73.7 Å². The molecule has 5 rings (SSSR count). The maximum absolute atomic E-state index is 13.1. The summed E-state index contributed by atoms with van der Waals surface area (Å²) >= 11 is 0. The number of imidazole rings is 1. The zero-order valence-corrected chi connectivity index (χ0v) is 21.9. The van der Waals surface area contributed by atoms with E-state index < -0.39 is 10.0 Å². The SMILES string of the molecule is CCCCn1c(-c2ccccc2)nc(-c2ccccc2)c1CN(Cc1ccc2c(c1)OCO2)S(C)(=O)=O. The zero-order chi connectivity index (χ0) is 25.8. The van der Waals surface area contributed by atoms with Gasteiger partial charge in [0, 0.05) is 24.2 Å². The van der Waals surface area contributed by atoms with E-state index in [-0.39, 0.29) is 19.9 Å². The fraction of sp³-hybridized carbons (Fsp3) is 0.276. The summed E-state index contributed by atoms with van der Waals surface area (Å²) in [4.78, 5) is 5.10. The molecule has 0 aliphatic carbocycles. The maximum atomic E-state index is 13.1. The van der Waals surface area contributed by atoms with Crippen LogP contribution in [-0.4, -0.2) is 35.3 Å². The molecule has 0 saturated carbocycles. The van der Waals surface area contributed by atoms with E-state index in [2.05, 4.69) is 11.5 Å². The summed E-state index contributed by atoms with van der Waals surface area (Å²) in [6.07, 6.45) is 3.23. The number of ether oxygens (including phenoxy) is 2. The van der Waals surface area contributed by atoms with Crippen molar-refractivity contribution >= 4 is 10.0 Å². The van der Waals surface area contributed by atoms with Gasteiger partial charge in [-0.1, -0.05) is 80.1 Å². The molecular formula is C29H31N3O4S. The van der Waals surface area contributed by atoms with Crippen molar-refractivity contribution in [1.29, 1.82) is 0 Å². The molecule has 0 radical (unpaired) electrons. The van der Waals surface area contributed by atoms with Crippen LogP contribution in [0.5, 0.6) is 11.5 Å². The van der Waals surface area contributed by atoms with Gasteiger partial charge in [0.2, 0.25) is 16.8 Å². The fourth-order valence-electron chi connectivity index (χ4n) is 4.54. The minimum atomic E-state index is -3.55. The van der Waals surface area contributed by atoms with Crippen molar-refractivity contribution < 1.29 is 17.9 Å². The first-order valence-corrected chi connectivity index (χ1v) is 14.3. The lowest BCUT2D eigenvalue weighted by Gasteiger charge is -2.22. The molecule has 3 aromatic carbocycles. The summed E-state index contributed by atoms with van der Waals surface area (Å²) in [5.74, 6) is 2.15. The number of aromatic nitrogens is 2. The van der Waals surface area contributed by atoms with Gasteiger partial charge >= 0.3 is 0 Å². The van der Waals surface area contributed by atoms with E-state index in [0.717, 1.165) is 53.3 Å². The molecule has 4 aromatic rings. The first-order chi connectivity index (χ1) is 17.9. The molecule has 1 aliphatic heterocycles. The minimum absolute atomic E-state index is 0.174. The van der Waals surface area contributed by atoms with Gasteiger partial charge in [-0.3, -0.25) is 0 Å². The molecule has 0 spiro atoms. The second kappa shape index (κ2) is 10.8. The van der Waals surface area contributed by atoms with E-state index in [1.807, 2.05) is 78.9 Å². The maximum Gasteiger partial charge on any atom is 0.231 e. The standard InChI is InChI=1S/C29H31N3O4S/c1-3-4-17-32-25(20-31(37(2,33)34)19-22-15-16-26-27(18-22)36-21-35-26)28(23-11-7-5-8-12-23)30-29(32)24-13-9-6-10-14-24/h5-16,18H,3-4,17,19-21H2,1-2H3. The summed E-state index contributed by atoms with van der Waals surface area (Å²) in [5.41, 5.74) is 4.48. The van der Waals surface area contributed by atoms with Crippen LogP contribution in [0.1, 0.15) is 31.0 Å².